The lowest BCUT2D eigenvalue weighted by molar-refractivity contribution is 0.239. The predicted molar refractivity (Wildman–Crippen MR) is 74.2 cm³/mol. The van der Waals surface area contributed by atoms with Gasteiger partial charge in [-0.1, -0.05) is 6.42 Å². The molecule has 1 aliphatic carbocycles. The minimum atomic E-state index is 0.167. The molecule has 2 heterocycles. The molecular formula is C16H21NO2. The summed E-state index contributed by atoms with van der Waals surface area (Å²) in [5.41, 5.74) is 11.8. The zero-order valence-corrected chi connectivity index (χ0v) is 11.6. The maximum absolute atomic E-state index is 6.13. The topological polar surface area (TPSA) is 44.5 Å². The molecule has 0 atom stereocenters. The van der Waals surface area contributed by atoms with Crippen LogP contribution in [0.5, 0.6) is 11.5 Å². The summed E-state index contributed by atoms with van der Waals surface area (Å²) in [6.07, 6.45) is 5.73. The Morgan fingerprint density at radius 1 is 1.05 bits per heavy atom. The van der Waals surface area contributed by atoms with Crippen LogP contribution in [0.25, 0.3) is 0 Å². The fourth-order valence-corrected chi connectivity index (χ4v) is 4.06. The SMILES string of the molecule is Cc1c2c(c(C3(CN)CCC3)c3c1OCC3)OCC2. The van der Waals surface area contributed by atoms with Gasteiger partial charge in [-0.25, -0.2) is 0 Å². The Labute approximate surface area is 114 Å². The molecule has 1 aromatic rings. The fourth-order valence-electron chi connectivity index (χ4n) is 4.06. The first-order chi connectivity index (χ1) is 9.27. The van der Waals surface area contributed by atoms with Gasteiger partial charge in [-0.2, -0.15) is 0 Å². The Morgan fingerprint density at radius 2 is 1.74 bits per heavy atom. The lowest BCUT2D eigenvalue weighted by Crippen LogP contribution is -2.42. The van der Waals surface area contributed by atoms with Crippen molar-refractivity contribution in [3.05, 3.63) is 22.3 Å². The van der Waals surface area contributed by atoms with Crippen molar-refractivity contribution < 1.29 is 9.47 Å². The van der Waals surface area contributed by atoms with Gasteiger partial charge >= 0.3 is 0 Å². The molecule has 3 heteroatoms. The molecule has 2 N–H and O–H groups in total. The first-order valence-electron chi connectivity index (χ1n) is 7.41. The largest absolute Gasteiger partial charge is 0.493 e. The van der Waals surface area contributed by atoms with Gasteiger partial charge in [0.05, 0.1) is 13.2 Å². The highest BCUT2D eigenvalue weighted by molar-refractivity contribution is 5.64. The normalized spacial score (nSPS) is 22.2. The molecule has 2 aliphatic heterocycles. The fraction of sp³-hybridized carbons (Fsp3) is 0.625. The number of ether oxygens (including phenoxy) is 2. The third kappa shape index (κ3) is 1.37. The van der Waals surface area contributed by atoms with Gasteiger partial charge in [-0.15, -0.1) is 0 Å². The van der Waals surface area contributed by atoms with E-state index >= 15 is 0 Å². The van der Waals surface area contributed by atoms with Crippen LogP contribution < -0.4 is 15.2 Å². The minimum Gasteiger partial charge on any atom is -0.493 e. The zero-order chi connectivity index (χ0) is 13.0. The van der Waals surface area contributed by atoms with Crippen molar-refractivity contribution in [1.29, 1.82) is 0 Å². The number of hydrogen-bond acceptors (Lipinski definition) is 3. The second kappa shape index (κ2) is 3.89. The third-order valence-corrected chi connectivity index (χ3v) is 5.30. The van der Waals surface area contributed by atoms with E-state index in [2.05, 4.69) is 6.92 Å². The maximum atomic E-state index is 6.13. The first kappa shape index (κ1) is 11.6. The molecular weight excluding hydrogens is 238 g/mol. The van der Waals surface area contributed by atoms with Gasteiger partial charge in [-0.05, 0) is 25.3 Å². The Kier molecular flexibility index (Phi) is 2.37. The molecule has 0 amide bonds. The summed E-state index contributed by atoms with van der Waals surface area (Å²) in [4.78, 5) is 0. The van der Waals surface area contributed by atoms with E-state index in [-0.39, 0.29) is 5.41 Å². The van der Waals surface area contributed by atoms with Gasteiger partial charge in [-0.3, -0.25) is 0 Å². The molecule has 1 fully saturated rings. The molecule has 3 aliphatic rings. The summed E-state index contributed by atoms with van der Waals surface area (Å²) in [5, 5.41) is 0. The molecule has 1 aromatic carbocycles. The average Bonchev–Trinajstić information content (AvgIpc) is 3.01. The summed E-state index contributed by atoms with van der Waals surface area (Å²) in [5.74, 6) is 2.30. The van der Waals surface area contributed by atoms with Crippen molar-refractivity contribution in [3.63, 3.8) is 0 Å². The summed E-state index contributed by atoms with van der Waals surface area (Å²) in [7, 11) is 0. The van der Waals surface area contributed by atoms with Gasteiger partial charge in [0.1, 0.15) is 11.5 Å². The standard InChI is InChI=1S/C16H21NO2/c1-10-11-3-7-19-15(11)13(12-4-8-18-14(10)12)16(9-17)5-2-6-16/h2-9,17H2,1H3. The van der Waals surface area contributed by atoms with Crippen LogP contribution in [0.4, 0.5) is 0 Å². The summed E-state index contributed by atoms with van der Waals surface area (Å²) >= 11 is 0. The van der Waals surface area contributed by atoms with Crippen molar-refractivity contribution in [2.75, 3.05) is 19.8 Å². The van der Waals surface area contributed by atoms with Crippen LogP contribution in [0.3, 0.4) is 0 Å². The second-order valence-corrected chi connectivity index (χ2v) is 6.15. The first-order valence-corrected chi connectivity index (χ1v) is 7.41. The van der Waals surface area contributed by atoms with Crippen LogP contribution in [-0.2, 0) is 18.3 Å². The number of hydrogen-bond donors (Lipinski definition) is 1. The van der Waals surface area contributed by atoms with Crippen LogP contribution >= 0.6 is 0 Å². The summed E-state index contributed by atoms with van der Waals surface area (Å²) in [6.45, 7) is 4.54. The van der Waals surface area contributed by atoms with E-state index in [4.69, 9.17) is 15.2 Å². The van der Waals surface area contributed by atoms with E-state index in [1.807, 2.05) is 0 Å². The van der Waals surface area contributed by atoms with Gasteiger partial charge in [0.2, 0.25) is 0 Å². The molecule has 0 aromatic heterocycles. The van der Waals surface area contributed by atoms with Crippen LogP contribution in [0, 0.1) is 6.92 Å². The summed E-state index contributed by atoms with van der Waals surface area (Å²) < 4.78 is 11.9. The van der Waals surface area contributed by atoms with Crippen molar-refractivity contribution in [3.8, 4) is 11.5 Å². The molecule has 0 unspecified atom stereocenters. The number of rotatable bonds is 2. The zero-order valence-electron chi connectivity index (χ0n) is 11.6. The van der Waals surface area contributed by atoms with Gasteiger partial charge in [0.25, 0.3) is 0 Å². The van der Waals surface area contributed by atoms with E-state index < -0.39 is 0 Å². The highest BCUT2D eigenvalue weighted by Crippen LogP contribution is 2.54. The minimum absolute atomic E-state index is 0.167. The summed E-state index contributed by atoms with van der Waals surface area (Å²) in [6, 6.07) is 0. The monoisotopic (exact) mass is 259 g/mol. The van der Waals surface area contributed by atoms with Crippen molar-refractivity contribution in [1.82, 2.24) is 0 Å². The third-order valence-electron chi connectivity index (χ3n) is 5.30. The molecule has 102 valence electrons. The Morgan fingerprint density at radius 3 is 2.37 bits per heavy atom. The molecule has 3 nitrogen and oxygen atoms in total. The van der Waals surface area contributed by atoms with Crippen LogP contribution in [0.15, 0.2) is 0 Å². The van der Waals surface area contributed by atoms with Gasteiger partial charge < -0.3 is 15.2 Å². The van der Waals surface area contributed by atoms with Crippen molar-refractivity contribution >= 4 is 0 Å². The molecule has 4 rings (SSSR count). The van der Waals surface area contributed by atoms with Crippen LogP contribution in [0.2, 0.25) is 0 Å². The highest BCUT2D eigenvalue weighted by atomic mass is 16.5. The lowest BCUT2D eigenvalue weighted by Gasteiger charge is -2.43. The Bertz CT molecular complexity index is 506. The van der Waals surface area contributed by atoms with E-state index in [9.17, 15) is 0 Å². The van der Waals surface area contributed by atoms with Gasteiger partial charge in [0.15, 0.2) is 0 Å². The number of nitrogens with two attached hydrogens (primary N) is 1. The Balaban J connectivity index is 2.00. The number of fused-ring (bicyclic) bond motifs is 2. The van der Waals surface area contributed by atoms with Crippen LogP contribution in [-0.4, -0.2) is 19.8 Å². The van der Waals surface area contributed by atoms with Crippen molar-refractivity contribution in [2.45, 2.75) is 44.4 Å². The molecule has 1 saturated carbocycles. The van der Waals surface area contributed by atoms with Crippen LogP contribution in [0.1, 0.15) is 41.5 Å². The van der Waals surface area contributed by atoms with Gasteiger partial charge in [0, 0.05) is 41.5 Å². The van der Waals surface area contributed by atoms with E-state index in [0.29, 0.717) is 0 Å². The quantitative estimate of drug-likeness (QED) is 0.886. The predicted octanol–water partition coefficient (Wildman–Crippen LogP) is 2.25. The molecule has 0 radical (unpaired) electrons. The Hall–Kier alpha value is -1.22. The smallest absolute Gasteiger partial charge is 0.127 e. The van der Waals surface area contributed by atoms with E-state index in [0.717, 1.165) is 44.1 Å². The van der Waals surface area contributed by atoms with Crippen molar-refractivity contribution in [2.24, 2.45) is 5.73 Å². The maximum Gasteiger partial charge on any atom is 0.127 e. The molecule has 0 spiro atoms. The lowest BCUT2D eigenvalue weighted by atomic mass is 9.62. The highest BCUT2D eigenvalue weighted by Gasteiger charge is 2.44. The molecule has 0 bridgehead atoms. The molecule has 0 saturated heterocycles. The number of benzene rings is 1. The van der Waals surface area contributed by atoms with E-state index in [1.165, 1.54) is 41.5 Å². The average molecular weight is 259 g/mol. The second-order valence-electron chi connectivity index (χ2n) is 6.15. The van der Waals surface area contributed by atoms with E-state index in [1.54, 1.807) is 0 Å². The molecule has 19 heavy (non-hydrogen) atoms.